The number of hydrogen-bond donors (Lipinski definition) is 0. The molecular formula is C8H5O7PW. The molecule has 0 amide bonds. The maximum absolute atomic E-state index is 10.2. The van der Waals surface area contributed by atoms with E-state index in [9.17, 15) is 4.79 Å². The molecule has 0 heterocycles. The number of rotatable bonds is 2. The number of ether oxygens (including phenoxy) is 1. The van der Waals surface area contributed by atoms with Gasteiger partial charge in [0.25, 0.3) is 0 Å². The van der Waals surface area contributed by atoms with E-state index in [0.29, 0.717) is 6.61 Å². The molecule has 0 aromatic heterocycles. The third-order valence-corrected chi connectivity index (χ3v) is 2.23. The van der Waals surface area contributed by atoms with Gasteiger partial charge in [-0.15, -0.1) is 0 Å². The minimum absolute atomic E-state index is 0.113. The van der Waals surface area contributed by atoms with E-state index >= 15 is 0 Å². The summed E-state index contributed by atoms with van der Waals surface area (Å²) < 4.78 is 42.1. The topological polar surface area (TPSA) is 126 Å². The molecule has 0 spiro atoms. The fraction of sp³-hybridized carbons (Fsp3) is 0.250. The van der Waals surface area contributed by atoms with Crippen molar-refractivity contribution >= 4 is 11.9 Å². The molecule has 0 aliphatic rings. The van der Waals surface area contributed by atoms with Gasteiger partial charge in [-0.1, -0.05) is 0 Å². The van der Waals surface area contributed by atoms with Gasteiger partial charge < -0.3 is 0 Å². The van der Waals surface area contributed by atoms with Crippen LogP contribution >= 0.6 is 6.21 Å². The van der Waals surface area contributed by atoms with Gasteiger partial charge >= 0.3 is 110 Å². The molecule has 17 heavy (non-hydrogen) atoms. The molecule has 0 rings (SSSR count). The zero-order chi connectivity index (χ0) is 15.7. The average Bonchev–Trinajstić information content (AvgIpc) is 2.49. The molecule has 7 nitrogen and oxygen atoms in total. The van der Waals surface area contributed by atoms with E-state index in [0.717, 1.165) is 6.21 Å². The van der Waals surface area contributed by atoms with Crippen LogP contribution in [0.25, 0.3) is 0 Å². The molecule has 0 radical (unpaired) electrons. The molecule has 90 valence electrons. The predicted molar refractivity (Wildman–Crippen MR) is 43.6 cm³/mol. The quantitative estimate of drug-likeness (QED) is 0.374. The maximum atomic E-state index is 10.2. The fourth-order valence-electron chi connectivity index (χ4n) is 0.150. The van der Waals surface area contributed by atoms with Crippen molar-refractivity contribution in [1.82, 2.24) is 0 Å². The summed E-state index contributed by atoms with van der Waals surface area (Å²) in [6.07, 6.45) is 0.766. The van der Waals surface area contributed by atoms with Crippen LogP contribution in [0.5, 0.6) is 0 Å². The van der Waals surface area contributed by atoms with Gasteiger partial charge in [0.05, 0.1) is 0 Å². The molecule has 0 aliphatic carbocycles. The second kappa shape index (κ2) is 114. The Bertz CT molecular complexity index is 206. The monoisotopic (exact) mass is 428 g/mol. The Balaban J connectivity index is -0.0000000257. The van der Waals surface area contributed by atoms with E-state index < -0.39 is 0 Å². The van der Waals surface area contributed by atoms with Crippen LogP contribution < -0.4 is 0 Å². The second-order valence-corrected chi connectivity index (χ2v) is 3.31. The molecule has 0 N–H and O–H groups in total. The van der Waals surface area contributed by atoms with Gasteiger partial charge in [0.2, 0.25) is 0 Å². The average molecular weight is 428 g/mol. The zero-order valence-corrected chi connectivity index (χ0v) is 12.2. The SMILES string of the molecule is CCOC(=O)[P]=[W].[C-]#[O+].[C-]#[O+].[C-]#[O+].[C-]#[O+].[C-]#[O+]. The summed E-state index contributed by atoms with van der Waals surface area (Å²) in [5.74, 6) is 0. The van der Waals surface area contributed by atoms with Crippen molar-refractivity contribution in [1.29, 1.82) is 0 Å². The Labute approximate surface area is 110 Å². The molecule has 0 aliphatic heterocycles. The third kappa shape index (κ3) is 152. The van der Waals surface area contributed by atoms with Crippen molar-refractivity contribution in [2.75, 3.05) is 6.61 Å². The molecule has 0 aromatic carbocycles. The van der Waals surface area contributed by atoms with Gasteiger partial charge in [-0.3, -0.25) is 0 Å². The van der Waals surface area contributed by atoms with E-state index in [-0.39, 0.29) is 5.71 Å². The van der Waals surface area contributed by atoms with Gasteiger partial charge in [-0.25, -0.2) is 0 Å². The van der Waals surface area contributed by atoms with Gasteiger partial charge in [-0.05, 0) is 0 Å². The van der Waals surface area contributed by atoms with Crippen LogP contribution in [0.1, 0.15) is 6.92 Å². The van der Waals surface area contributed by atoms with Gasteiger partial charge in [0.1, 0.15) is 0 Å². The zero-order valence-electron chi connectivity index (χ0n) is 8.42. The molecule has 0 saturated heterocycles. The Kier molecular flexibility index (Phi) is 242. The van der Waals surface area contributed by atoms with Crippen LogP contribution in [-0.2, 0) is 46.8 Å². The number of carbonyl (C=O) groups is 1. The van der Waals surface area contributed by atoms with E-state index in [1.165, 1.54) is 18.8 Å². The summed E-state index contributed by atoms with van der Waals surface area (Å²) in [6, 6.07) is 0. The summed E-state index contributed by atoms with van der Waals surface area (Å²) >= 11 is 1.23. The Morgan fingerprint density at radius 2 is 1.24 bits per heavy atom. The predicted octanol–water partition coefficient (Wildman–Crippen LogP) is 1.36. The number of hydrogen-bond acceptors (Lipinski definition) is 2. The first kappa shape index (κ1) is 36.0. The van der Waals surface area contributed by atoms with Crippen molar-refractivity contribution in [2.24, 2.45) is 0 Å². The first-order chi connectivity index (χ1) is 8.31. The van der Waals surface area contributed by atoms with Crippen molar-refractivity contribution in [2.45, 2.75) is 6.92 Å². The molecule has 0 atom stereocenters. The van der Waals surface area contributed by atoms with E-state index in [1.807, 2.05) is 0 Å². The summed E-state index contributed by atoms with van der Waals surface area (Å²) in [7, 11) is 0. The second-order valence-electron chi connectivity index (χ2n) is 0.790. The van der Waals surface area contributed by atoms with E-state index in [4.69, 9.17) is 23.3 Å². The minimum atomic E-state index is -0.113. The number of carbonyl (C=O) groups excluding carboxylic acids is 1. The summed E-state index contributed by atoms with van der Waals surface area (Å²) in [6.45, 7) is 24.8. The molecule has 0 fully saturated rings. The van der Waals surface area contributed by atoms with Crippen LogP contribution in [0.15, 0.2) is 0 Å². The third-order valence-electron chi connectivity index (χ3n) is 0.342. The van der Waals surface area contributed by atoms with Crippen LogP contribution in [0, 0.1) is 33.3 Å². The van der Waals surface area contributed by atoms with Crippen LogP contribution in [0.4, 0.5) is 4.79 Å². The van der Waals surface area contributed by atoms with Crippen molar-refractivity contribution in [3.05, 3.63) is 33.3 Å². The van der Waals surface area contributed by atoms with E-state index in [1.54, 1.807) is 6.92 Å². The van der Waals surface area contributed by atoms with Crippen molar-refractivity contribution in [3.8, 4) is 0 Å². The molecule has 0 saturated carbocycles. The summed E-state index contributed by atoms with van der Waals surface area (Å²) in [5.41, 5.74) is -0.113. The van der Waals surface area contributed by atoms with Crippen LogP contribution in [-0.4, -0.2) is 12.3 Å². The Morgan fingerprint density at radius 1 is 1.00 bits per heavy atom. The van der Waals surface area contributed by atoms with Gasteiger partial charge in [0.15, 0.2) is 0 Å². The molecule has 0 bridgehead atoms. The first-order valence-corrected chi connectivity index (χ1v) is 7.58. The van der Waals surface area contributed by atoms with E-state index in [2.05, 4.69) is 38.0 Å². The standard InChI is InChI=1S/C3H5O2P.5CO.W/c1-2-5-3(4)6;5*1-2;/h2H2,1H3;;;;;;. The van der Waals surface area contributed by atoms with Crippen LogP contribution in [0.3, 0.4) is 0 Å². The fourth-order valence-corrected chi connectivity index (χ4v) is 0.900. The normalized spacial score (nSPS) is 4.18. The summed E-state index contributed by atoms with van der Waals surface area (Å²) in [5, 5.41) is 0. The Hall–Kier alpha value is -0.842. The molecule has 0 unspecified atom stereocenters. The summed E-state index contributed by atoms with van der Waals surface area (Å²) in [4.78, 5) is 10.2. The van der Waals surface area contributed by atoms with Crippen molar-refractivity contribution < 1.29 is 51.6 Å². The molecule has 9 heteroatoms. The van der Waals surface area contributed by atoms with Gasteiger partial charge in [-0.2, -0.15) is 0 Å². The van der Waals surface area contributed by atoms with Gasteiger partial charge in [0, 0.05) is 0 Å². The van der Waals surface area contributed by atoms with Crippen molar-refractivity contribution in [3.63, 3.8) is 0 Å². The van der Waals surface area contributed by atoms with Crippen LogP contribution in [0.2, 0.25) is 0 Å². The molecular weight excluding hydrogens is 423 g/mol. The first-order valence-electron chi connectivity index (χ1n) is 2.83. The molecule has 0 aromatic rings. The Morgan fingerprint density at radius 3 is 1.29 bits per heavy atom.